The van der Waals surface area contributed by atoms with Crippen LogP contribution in [0.25, 0.3) is 0 Å². The molecule has 134 valence electrons. The highest BCUT2D eigenvalue weighted by Gasteiger charge is 2.19. The fraction of sp³-hybridized carbons (Fsp3) is 0.238. The zero-order valence-corrected chi connectivity index (χ0v) is 15.9. The molecule has 0 radical (unpaired) electrons. The minimum atomic E-state index is -0.251. The van der Waals surface area contributed by atoms with Crippen molar-refractivity contribution < 1.29 is 9.53 Å². The molecule has 1 unspecified atom stereocenters. The fourth-order valence-corrected chi connectivity index (χ4v) is 3.61. The lowest BCUT2D eigenvalue weighted by molar-refractivity contribution is 0.0943. The van der Waals surface area contributed by atoms with E-state index in [0.29, 0.717) is 11.5 Å². The Labute approximate surface area is 157 Å². The van der Waals surface area contributed by atoms with E-state index in [1.54, 1.807) is 30.8 Å². The zero-order valence-electron chi connectivity index (χ0n) is 15.1. The predicted molar refractivity (Wildman–Crippen MR) is 105 cm³/mol. The van der Waals surface area contributed by atoms with Gasteiger partial charge in [-0.15, -0.1) is 11.3 Å². The Morgan fingerprint density at radius 3 is 2.31 bits per heavy atom. The molecule has 4 nitrogen and oxygen atoms in total. The maximum absolute atomic E-state index is 12.8. The lowest BCUT2D eigenvalue weighted by atomic mass is 9.99. The Morgan fingerprint density at radius 2 is 1.73 bits per heavy atom. The molecule has 5 heteroatoms. The van der Waals surface area contributed by atoms with Gasteiger partial charge in [0.05, 0.1) is 18.7 Å². The Hall–Kier alpha value is -2.66. The maximum Gasteiger partial charge on any atom is 0.252 e. The van der Waals surface area contributed by atoms with E-state index in [2.05, 4.69) is 24.1 Å². The quantitative estimate of drug-likeness (QED) is 0.682. The summed E-state index contributed by atoms with van der Waals surface area (Å²) in [6, 6.07) is 13.3. The SMILES string of the molecule is COc1ccc(C(NC(=O)c2csc(C(C)C)c2)c2ccncc2)cc1. The molecule has 1 N–H and O–H groups in total. The number of carbonyl (C=O) groups is 1. The molecule has 26 heavy (non-hydrogen) atoms. The molecule has 0 saturated carbocycles. The number of carbonyl (C=O) groups excluding carboxylic acids is 1. The molecule has 0 fully saturated rings. The highest BCUT2D eigenvalue weighted by molar-refractivity contribution is 7.10. The second-order valence-corrected chi connectivity index (χ2v) is 7.30. The molecule has 1 aromatic carbocycles. The third-order valence-electron chi connectivity index (χ3n) is 4.21. The second kappa shape index (κ2) is 8.15. The third kappa shape index (κ3) is 4.11. The molecule has 0 bridgehead atoms. The van der Waals surface area contributed by atoms with Gasteiger partial charge in [-0.25, -0.2) is 0 Å². The highest BCUT2D eigenvalue weighted by Crippen LogP contribution is 2.26. The number of thiophene rings is 1. The highest BCUT2D eigenvalue weighted by atomic mass is 32.1. The third-order valence-corrected chi connectivity index (χ3v) is 5.45. The van der Waals surface area contributed by atoms with Crippen LogP contribution in [0.1, 0.15) is 52.2 Å². The van der Waals surface area contributed by atoms with Crippen molar-refractivity contribution in [2.24, 2.45) is 0 Å². The van der Waals surface area contributed by atoms with E-state index in [4.69, 9.17) is 4.74 Å². The zero-order chi connectivity index (χ0) is 18.5. The first-order valence-corrected chi connectivity index (χ1v) is 9.39. The van der Waals surface area contributed by atoms with Gasteiger partial charge in [0.1, 0.15) is 5.75 Å². The Balaban J connectivity index is 1.88. The van der Waals surface area contributed by atoms with Crippen molar-refractivity contribution >= 4 is 17.2 Å². The average Bonchev–Trinajstić information content (AvgIpc) is 3.17. The number of nitrogens with one attached hydrogen (secondary N) is 1. The van der Waals surface area contributed by atoms with Gasteiger partial charge in [-0.2, -0.15) is 0 Å². The number of methoxy groups -OCH3 is 1. The van der Waals surface area contributed by atoms with Crippen molar-refractivity contribution in [1.29, 1.82) is 0 Å². The molecule has 0 saturated heterocycles. The van der Waals surface area contributed by atoms with Crippen LogP contribution in [0.5, 0.6) is 5.75 Å². The molecule has 2 heterocycles. The van der Waals surface area contributed by atoms with Crippen LogP contribution < -0.4 is 10.1 Å². The molecule has 2 aromatic heterocycles. The fourth-order valence-electron chi connectivity index (χ4n) is 2.70. The lowest BCUT2D eigenvalue weighted by Gasteiger charge is -2.20. The van der Waals surface area contributed by atoms with Crippen molar-refractivity contribution in [2.75, 3.05) is 7.11 Å². The molecule has 0 aliphatic heterocycles. The topological polar surface area (TPSA) is 51.2 Å². The van der Waals surface area contributed by atoms with Crippen molar-refractivity contribution in [1.82, 2.24) is 10.3 Å². The van der Waals surface area contributed by atoms with Crippen LogP contribution in [-0.2, 0) is 0 Å². The van der Waals surface area contributed by atoms with E-state index in [-0.39, 0.29) is 11.9 Å². The van der Waals surface area contributed by atoms with E-state index in [9.17, 15) is 4.79 Å². The number of ether oxygens (including phenoxy) is 1. The predicted octanol–water partition coefficient (Wildman–Crippen LogP) is 4.79. The largest absolute Gasteiger partial charge is 0.497 e. The van der Waals surface area contributed by atoms with Crippen molar-refractivity contribution in [2.45, 2.75) is 25.8 Å². The Bertz CT molecular complexity index is 857. The standard InChI is InChI=1S/C21H22N2O2S/c1-14(2)19-12-17(13-26-19)21(24)23-20(16-8-10-22-11-9-16)15-4-6-18(25-3)7-5-15/h4-14,20H,1-3H3,(H,23,24). The van der Waals surface area contributed by atoms with Crippen LogP contribution in [0.2, 0.25) is 0 Å². The maximum atomic E-state index is 12.8. The van der Waals surface area contributed by atoms with Gasteiger partial charge in [0.25, 0.3) is 5.91 Å². The lowest BCUT2D eigenvalue weighted by Crippen LogP contribution is -2.29. The Kier molecular flexibility index (Phi) is 5.68. The van der Waals surface area contributed by atoms with Gasteiger partial charge >= 0.3 is 0 Å². The summed E-state index contributed by atoms with van der Waals surface area (Å²) in [7, 11) is 1.64. The second-order valence-electron chi connectivity index (χ2n) is 6.35. The van der Waals surface area contributed by atoms with Crippen LogP contribution >= 0.6 is 11.3 Å². The molecule has 3 aromatic rings. The van der Waals surface area contributed by atoms with E-state index in [0.717, 1.165) is 16.9 Å². The summed E-state index contributed by atoms with van der Waals surface area (Å²) < 4.78 is 5.23. The van der Waals surface area contributed by atoms with Gasteiger partial charge in [0.2, 0.25) is 0 Å². The molecular formula is C21H22N2O2S. The number of hydrogen-bond acceptors (Lipinski definition) is 4. The molecule has 0 aliphatic carbocycles. The summed E-state index contributed by atoms with van der Waals surface area (Å²) in [5, 5.41) is 5.07. The number of hydrogen-bond donors (Lipinski definition) is 1. The first-order chi connectivity index (χ1) is 12.6. The van der Waals surface area contributed by atoms with Crippen molar-refractivity contribution in [3.8, 4) is 5.75 Å². The van der Waals surface area contributed by atoms with E-state index in [1.165, 1.54) is 4.88 Å². The number of benzene rings is 1. The number of pyridine rings is 1. The van der Waals surface area contributed by atoms with Crippen LogP contribution in [0.15, 0.2) is 60.2 Å². The van der Waals surface area contributed by atoms with Gasteiger partial charge in [-0.05, 0) is 47.4 Å². The molecule has 3 rings (SSSR count). The van der Waals surface area contributed by atoms with Gasteiger partial charge < -0.3 is 10.1 Å². The number of aromatic nitrogens is 1. The summed E-state index contributed by atoms with van der Waals surface area (Å²) in [4.78, 5) is 18.1. The monoisotopic (exact) mass is 366 g/mol. The number of nitrogens with zero attached hydrogens (tertiary/aromatic N) is 1. The summed E-state index contributed by atoms with van der Waals surface area (Å²) >= 11 is 1.62. The van der Waals surface area contributed by atoms with Crippen LogP contribution in [0.3, 0.4) is 0 Å². The van der Waals surface area contributed by atoms with Crippen LogP contribution in [0, 0.1) is 0 Å². The van der Waals surface area contributed by atoms with Crippen LogP contribution in [0.4, 0.5) is 0 Å². The minimum Gasteiger partial charge on any atom is -0.497 e. The summed E-state index contributed by atoms with van der Waals surface area (Å²) in [5.41, 5.74) is 2.67. The smallest absolute Gasteiger partial charge is 0.252 e. The van der Waals surface area contributed by atoms with Gasteiger partial charge in [-0.3, -0.25) is 9.78 Å². The first kappa shape index (κ1) is 18.1. The average molecular weight is 366 g/mol. The van der Waals surface area contributed by atoms with E-state index in [1.807, 2.05) is 47.8 Å². The summed E-state index contributed by atoms with van der Waals surface area (Å²) in [6.45, 7) is 4.26. The normalized spacial score (nSPS) is 12.0. The molecule has 0 aliphatic rings. The van der Waals surface area contributed by atoms with Gasteiger partial charge in [0.15, 0.2) is 0 Å². The minimum absolute atomic E-state index is 0.0780. The molecule has 1 amide bonds. The molecular weight excluding hydrogens is 344 g/mol. The molecule has 0 spiro atoms. The number of amides is 1. The summed E-state index contributed by atoms with van der Waals surface area (Å²) in [5.74, 6) is 1.12. The van der Waals surface area contributed by atoms with Gasteiger partial charge in [0, 0.05) is 22.7 Å². The van der Waals surface area contributed by atoms with Crippen LogP contribution in [-0.4, -0.2) is 18.0 Å². The first-order valence-electron chi connectivity index (χ1n) is 8.51. The van der Waals surface area contributed by atoms with E-state index < -0.39 is 0 Å². The Morgan fingerprint density at radius 1 is 1.08 bits per heavy atom. The van der Waals surface area contributed by atoms with Crippen molar-refractivity contribution in [3.05, 3.63) is 81.8 Å². The van der Waals surface area contributed by atoms with E-state index >= 15 is 0 Å². The summed E-state index contributed by atoms with van der Waals surface area (Å²) in [6.07, 6.45) is 3.47. The van der Waals surface area contributed by atoms with Crippen molar-refractivity contribution in [3.63, 3.8) is 0 Å². The van der Waals surface area contributed by atoms with Gasteiger partial charge in [-0.1, -0.05) is 26.0 Å². The number of rotatable bonds is 6. The molecule has 1 atom stereocenters.